The van der Waals surface area contributed by atoms with Crippen LogP contribution < -0.4 is 10.1 Å². The lowest BCUT2D eigenvalue weighted by Crippen LogP contribution is -2.47. The van der Waals surface area contributed by atoms with Crippen LogP contribution >= 0.6 is 0 Å². The maximum absolute atomic E-state index is 12.7. The van der Waals surface area contributed by atoms with Gasteiger partial charge in [-0.25, -0.2) is 0 Å². The number of carbonyl (C=O) groups excluding carboxylic acids is 2. The fraction of sp³-hybridized carbons (Fsp3) is 0.619. The zero-order valence-electron chi connectivity index (χ0n) is 16.0. The molecule has 2 fully saturated rings. The molecule has 1 atom stereocenters. The molecule has 0 bridgehead atoms. The topological polar surface area (TPSA) is 58.6 Å². The highest BCUT2D eigenvalue weighted by atomic mass is 16.5. The number of amides is 2. The first-order chi connectivity index (χ1) is 12.4. The second kappa shape index (κ2) is 8.11. The Morgan fingerprint density at radius 1 is 1.12 bits per heavy atom. The molecule has 142 valence electrons. The molecule has 1 aromatic rings. The summed E-state index contributed by atoms with van der Waals surface area (Å²) in [6, 6.07) is 8.33. The smallest absolute Gasteiger partial charge is 0.263 e. The minimum absolute atomic E-state index is 0.000927. The zero-order chi connectivity index (χ0) is 18.7. The van der Waals surface area contributed by atoms with E-state index in [9.17, 15) is 9.59 Å². The summed E-state index contributed by atoms with van der Waals surface area (Å²) in [5.41, 5.74) is 1.20. The van der Waals surface area contributed by atoms with E-state index in [0.29, 0.717) is 25.0 Å². The van der Waals surface area contributed by atoms with E-state index in [0.717, 1.165) is 31.4 Å². The summed E-state index contributed by atoms with van der Waals surface area (Å²) in [6.45, 7) is 7.33. The van der Waals surface area contributed by atoms with Crippen molar-refractivity contribution in [2.75, 3.05) is 13.1 Å². The average molecular weight is 358 g/mol. The summed E-state index contributed by atoms with van der Waals surface area (Å²) >= 11 is 0. The van der Waals surface area contributed by atoms with E-state index in [4.69, 9.17) is 4.74 Å². The van der Waals surface area contributed by atoms with Crippen LogP contribution in [0.15, 0.2) is 24.3 Å². The molecular formula is C21H30N2O3. The Labute approximate surface area is 156 Å². The molecule has 5 nitrogen and oxygen atoms in total. The first-order valence-corrected chi connectivity index (χ1v) is 9.80. The quantitative estimate of drug-likeness (QED) is 0.850. The number of rotatable bonds is 6. The highest BCUT2D eigenvalue weighted by molar-refractivity contribution is 5.82. The number of ether oxygens (including phenoxy) is 1. The van der Waals surface area contributed by atoms with E-state index in [1.807, 2.05) is 23.1 Å². The van der Waals surface area contributed by atoms with Gasteiger partial charge >= 0.3 is 0 Å². The van der Waals surface area contributed by atoms with Crippen LogP contribution in [0.2, 0.25) is 0 Å². The molecule has 5 heteroatoms. The molecule has 1 aliphatic heterocycles. The summed E-state index contributed by atoms with van der Waals surface area (Å²) in [5.74, 6) is 1.36. The Hall–Kier alpha value is -2.04. The lowest BCUT2D eigenvalue weighted by molar-refractivity contribution is -0.141. The summed E-state index contributed by atoms with van der Waals surface area (Å²) in [4.78, 5) is 26.7. The van der Waals surface area contributed by atoms with E-state index < -0.39 is 6.10 Å². The van der Waals surface area contributed by atoms with E-state index in [2.05, 4.69) is 25.2 Å². The van der Waals surface area contributed by atoms with Crippen LogP contribution in [0.25, 0.3) is 0 Å². The highest BCUT2D eigenvalue weighted by Gasteiger charge is 2.32. The third kappa shape index (κ3) is 4.77. The lowest BCUT2D eigenvalue weighted by atomic mass is 9.95. The Morgan fingerprint density at radius 3 is 2.42 bits per heavy atom. The molecule has 0 radical (unpaired) electrons. The third-order valence-corrected chi connectivity index (χ3v) is 5.29. The normalized spacial score (nSPS) is 19.3. The molecular weight excluding hydrogens is 328 g/mol. The van der Waals surface area contributed by atoms with Gasteiger partial charge in [-0.15, -0.1) is 0 Å². The number of benzene rings is 1. The average Bonchev–Trinajstić information content (AvgIpc) is 3.45. The summed E-state index contributed by atoms with van der Waals surface area (Å²) < 4.78 is 5.88. The van der Waals surface area contributed by atoms with Gasteiger partial charge in [-0.2, -0.15) is 0 Å². The standard InChI is InChI=1S/C21H30N2O3/c1-14(2)17-5-4-6-19(13-17)26-15(3)21(25)23-11-9-16(10-12-23)20(24)22-18-7-8-18/h4-6,13-16,18H,7-12H2,1-3H3,(H,22,24). The maximum Gasteiger partial charge on any atom is 0.263 e. The van der Waals surface area contributed by atoms with Gasteiger partial charge in [-0.3, -0.25) is 9.59 Å². The van der Waals surface area contributed by atoms with Gasteiger partial charge in [0.1, 0.15) is 5.75 Å². The van der Waals surface area contributed by atoms with Crippen LogP contribution in [0.5, 0.6) is 5.75 Å². The van der Waals surface area contributed by atoms with E-state index in [1.165, 1.54) is 5.56 Å². The van der Waals surface area contributed by atoms with E-state index in [1.54, 1.807) is 6.92 Å². The molecule has 1 N–H and O–H groups in total. The number of piperidine rings is 1. The van der Waals surface area contributed by atoms with Crippen LogP contribution in [0.1, 0.15) is 57.9 Å². The van der Waals surface area contributed by atoms with Gasteiger partial charge in [-0.1, -0.05) is 26.0 Å². The number of carbonyl (C=O) groups is 2. The molecule has 2 aliphatic rings. The van der Waals surface area contributed by atoms with E-state index in [-0.39, 0.29) is 17.7 Å². The molecule has 2 amide bonds. The Balaban J connectivity index is 1.49. The molecule has 0 spiro atoms. The number of nitrogens with one attached hydrogen (secondary N) is 1. The fourth-order valence-corrected chi connectivity index (χ4v) is 3.37. The van der Waals surface area contributed by atoms with Crippen LogP contribution in [0.3, 0.4) is 0 Å². The van der Waals surface area contributed by atoms with Gasteiger partial charge in [0.05, 0.1) is 0 Å². The predicted octanol–water partition coefficient (Wildman–Crippen LogP) is 3.09. The molecule has 26 heavy (non-hydrogen) atoms. The first kappa shape index (κ1) is 18.7. The number of hydrogen-bond donors (Lipinski definition) is 1. The molecule has 1 heterocycles. The summed E-state index contributed by atoms with van der Waals surface area (Å²) in [7, 11) is 0. The number of nitrogens with zero attached hydrogens (tertiary/aromatic N) is 1. The van der Waals surface area contributed by atoms with Crippen molar-refractivity contribution in [2.45, 2.75) is 64.5 Å². The van der Waals surface area contributed by atoms with Crippen molar-refractivity contribution in [3.63, 3.8) is 0 Å². The molecule has 1 unspecified atom stereocenters. The SMILES string of the molecule is CC(Oc1cccc(C(C)C)c1)C(=O)N1CCC(C(=O)NC2CC2)CC1. The van der Waals surface area contributed by atoms with Crippen LogP contribution in [0.4, 0.5) is 0 Å². The molecule has 1 saturated carbocycles. The van der Waals surface area contributed by atoms with E-state index >= 15 is 0 Å². The first-order valence-electron chi connectivity index (χ1n) is 9.80. The molecule has 1 aromatic carbocycles. The van der Waals surface area contributed by atoms with Gasteiger partial charge in [0.25, 0.3) is 5.91 Å². The van der Waals surface area contributed by atoms with Crippen LogP contribution in [-0.2, 0) is 9.59 Å². The van der Waals surface area contributed by atoms with Crippen molar-refractivity contribution < 1.29 is 14.3 Å². The van der Waals surface area contributed by atoms with Crippen molar-refractivity contribution in [1.82, 2.24) is 10.2 Å². The molecule has 1 saturated heterocycles. The predicted molar refractivity (Wildman–Crippen MR) is 101 cm³/mol. The van der Waals surface area contributed by atoms with Crippen molar-refractivity contribution in [3.8, 4) is 5.75 Å². The minimum atomic E-state index is -0.519. The minimum Gasteiger partial charge on any atom is -0.481 e. The van der Waals surface area contributed by atoms with Gasteiger partial charge in [-0.05, 0) is 56.2 Å². The van der Waals surface area contributed by atoms with Crippen molar-refractivity contribution in [1.29, 1.82) is 0 Å². The van der Waals surface area contributed by atoms with Crippen LogP contribution in [0, 0.1) is 5.92 Å². The van der Waals surface area contributed by atoms with Gasteiger partial charge in [0.15, 0.2) is 6.10 Å². The Morgan fingerprint density at radius 2 is 1.81 bits per heavy atom. The molecule has 3 rings (SSSR count). The van der Waals surface area contributed by atoms with Gasteiger partial charge in [0, 0.05) is 25.0 Å². The Kier molecular flexibility index (Phi) is 5.84. The van der Waals surface area contributed by atoms with Gasteiger partial charge < -0.3 is 15.0 Å². The van der Waals surface area contributed by atoms with Crippen LogP contribution in [-0.4, -0.2) is 41.9 Å². The van der Waals surface area contributed by atoms with Crippen molar-refractivity contribution >= 4 is 11.8 Å². The second-order valence-corrected chi connectivity index (χ2v) is 7.87. The number of likely N-dealkylation sites (tertiary alicyclic amines) is 1. The summed E-state index contributed by atoms with van der Waals surface area (Å²) in [6.07, 6.45) is 3.17. The van der Waals surface area contributed by atoms with Gasteiger partial charge in [0.2, 0.25) is 5.91 Å². The number of hydrogen-bond acceptors (Lipinski definition) is 3. The largest absolute Gasteiger partial charge is 0.481 e. The second-order valence-electron chi connectivity index (χ2n) is 7.87. The molecule has 0 aromatic heterocycles. The monoisotopic (exact) mass is 358 g/mol. The highest BCUT2D eigenvalue weighted by Crippen LogP contribution is 2.24. The summed E-state index contributed by atoms with van der Waals surface area (Å²) in [5, 5.41) is 3.07. The lowest BCUT2D eigenvalue weighted by Gasteiger charge is -2.33. The van der Waals surface area contributed by atoms with Crippen molar-refractivity contribution in [2.24, 2.45) is 5.92 Å². The molecule has 1 aliphatic carbocycles. The zero-order valence-corrected chi connectivity index (χ0v) is 16.0. The fourth-order valence-electron chi connectivity index (χ4n) is 3.37. The third-order valence-electron chi connectivity index (χ3n) is 5.29. The maximum atomic E-state index is 12.7. The van der Waals surface area contributed by atoms with Crippen molar-refractivity contribution in [3.05, 3.63) is 29.8 Å². The Bertz CT molecular complexity index is 646.